The number of carbonyl (C=O) groups is 1. The lowest BCUT2D eigenvalue weighted by atomic mass is 9.95. The molecule has 3 heterocycles. The molecule has 1 atom stereocenters. The van der Waals surface area contributed by atoms with Crippen LogP contribution in [0, 0.1) is 0 Å². The van der Waals surface area contributed by atoms with Crippen LogP contribution in [0.4, 0.5) is 0 Å². The van der Waals surface area contributed by atoms with Gasteiger partial charge in [-0.3, -0.25) is 14.9 Å². The van der Waals surface area contributed by atoms with Crippen LogP contribution < -0.4 is 4.74 Å². The Balaban J connectivity index is 1.62. The summed E-state index contributed by atoms with van der Waals surface area (Å²) in [4.78, 5) is 19.6. The smallest absolute Gasteiger partial charge is 0.273 e. The zero-order valence-corrected chi connectivity index (χ0v) is 18.9. The fourth-order valence-corrected chi connectivity index (χ4v) is 4.34. The van der Waals surface area contributed by atoms with E-state index in [2.05, 4.69) is 22.1 Å². The summed E-state index contributed by atoms with van der Waals surface area (Å²) in [5, 5.41) is 8.16. The zero-order chi connectivity index (χ0) is 22.8. The van der Waals surface area contributed by atoms with E-state index in [1.165, 1.54) is 0 Å². The molecule has 0 saturated carbocycles. The summed E-state index contributed by atoms with van der Waals surface area (Å²) in [7, 11) is 0. The van der Waals surface area contributed by atoms with Gasteiger partial charge in [0.1, 0.15) is 11.4 Å². The average molecular weight is 459 g/mol. The third-order valence-corrected chi connectivity index (χ3v) is 5.96. The summed E-state index contributed by atoms with van der Waals surface area (Å²) >= 11 is 6.10. The predicted octanol–water partition coefficient (Wildman–Crippen LogP) is 5.66. The molecule has 1 unspecified atom stereocenters. The molecular weight excluding hydrogens is 436 g/mol. The number of hydrogen-bond donors (Lipinski definition) is 1. The second-order valence-corrected chi connectivity index (χ2v) is 8.42. The number of nitrogens with zero attached hydrogens (tertiary/aromatic N) is 3. The average Bonchev–Trinajstić information content (AvgIpc) is 3.38. The van der Waals surface area contributed by atoms with Crippen LogP contribution in [0.3, 0.4) is 0 Å². The number of rotatable bonds is 7. The molecule has 1 amide bonds. The quantitative estimate of drug-likeness (QED) is 0.388. The minimum Gasteiger partial charge on any atom is -0.494 e. The van der Waals surface area contributed by atoms with E-state index < -0.39 is 0 Å². The zero-order valence-electron chi connectivity index (χ0n) is 18.2. The molecule has 0 spiro atoms. The van der Waals surface area contributed by atoms with Crippen LogP contribution in [0.25, 0.3) is 11.3 Å². The predicted molar refractivity (Wildman–Crippen MR) is 127 cm³/mol. The molecule has 0 radical (unpaired) electrons. The van der Waals surface area contributed by atoms with Crippen molar-refractivity contribution in [2.45, 2.75) is 25.9 Å². The normalized spacial score (nSPS) is 15.0. The van der Waals surface area contributed by atoms with Gasteiger partial charge in [0.2, 0.25) is 0 Å². The molecule has 0 bridgehead atoms. The van der Waals surface area contributed by atoms with Gasteiger partial charge in [0.25, 0.3) is 5.91 Å². The van der Waals surface area contributed by atoms with Crippen molar-refractivity contribution in [2.75, 3.05) is 6.61 Å². The summed E-state index contributed by atoms with van der Waals surface area (Å²) < 4.78 is 5.88. The number of halogens is 1. The maximum absolute atomic E-state index is 13.5. The Morgan fingerprint density at radius 3 is 2.73 bits per heavy atom. The second kappa shape index (κ2) is 9.08. The minimum atomic E-state index is -0.317. The third-order valence-electron chi connectivity index (χ3n) is 5.70. The lowest BCUT2D eigenvalue weighted by molar-refractivity contribution is 0.0729. The monoisotopic (exact) mass is 458 g/mol. The van der Waals surface area contributed by atoms with Crippen LogP contribution in [-0.4, -0.2) is 32.6 Å². The number of pyridine rings is 1. The second-order valence-electron chi connectivity index (χ2n) is 7.99. The lowest BCUT2D eigenvalue weighted by Crippen LogP contribution is -2.29. The topological polar surface area (TPSA) is 71.1 Å². The summed E-state index contributed by atoms with van der Waals surface area (Å²) in [6.45, 7) is 3.14. The van der Waals surface area contributed by atoms with E-state index in [0.29, 0.717) is 23.9 Å². The van der Waals surface area contributed by atoms with Crippen LogP contribution in [0.15, 0.2) is 73.1 Å². The highest BCUT2D eigenvalue weighted by Crippen LogP contribution is 2.44. The maximum Gasteiger partial charge on any atom is 0.273 e. The molecule has 2 aromatic heterocycles. The molecule has 166 valence electrons. The van der Waals surface area contributed by atoms with Crippen molar-refractivity contribution >= 4 is 17.5 Å². The molecular formula is C26H23ClN4O2. The Morgan fingerprint density at radius 1 is 1.12 bits per heavy atom. The van der Waals surface area contributed by atoms with E-state index in [4.69, 9.17) is 16.3 Å². The van der Waals surface area contributed by atoms with Crippen molar-refractivity contribution in [3.05, 3.63) is 100 Å². The van der Waals surface area contributed by atoms with Gasteiger partial charge in [-0.25, -0.2) is 0 Å². The van der Waals surface area contributed by atoms with E-state index in [-0.39, 0.29) is 11.9 Å². The van der Waals surface area contributed by atoms with Crippen LogP contribution in [-0.2, 0) is 6.54 Å². The van der Waals surface area contributed by atoms with Crippen molar-refractivity contribution < 1.29 is 9.53 Å². The molecule has 6 nitrogen and oxygen atoms in total. The fourth-order valence-electron chi connectivity index (χ4n) is 4.22. The largest absolute Gasteiger partial charge is 0.494 e. The number of benzene rings is 2. The third kappa shape index (κ3) is 4.10. The van der Waals surface area contributed by atoms with Crippen molar-refractivity contribution in [3.8, 4) is 17.0 Å². The number of amides is 1. The van der Waals surface area contributed by atoms with Gasteiger partial charge in [-0.15, -0.1) is 0 Å². The lowest BCUT2D eigenvalue weighted by Gasteiger charge is -2.26. The summed E-state index contributed by atoms with van der Waals surface area (Å²) in [6, 6.07) is 19.0. The van der Waals surface area contributed by atoms with E-state index in [1.807, 2.05) is 65.6 Å². The van der Waals surface area contributed by atoms with Gasteiger partial charge < -0.3 is 9.64 Å². The first-order valence-electron chi connectivity index (χ1n) is 10.9. The SMILES string of the molecule is CCCOc1cccc(C2c3c(-c4ccc(Cl)cc4)n[nH]c3C(=O)N2Cc2cccnc2)c1. The summed E-state index contributed by atoms with van der Waals surface area (Å²) in [5.74, 6) is 0.694. The van der Waals surface area contributed by atoms with Crippen LogP contribution in [0.5, 0.6) is 5.75 Å². The Kier molecular flexibility index (Phi) is 5.84. The van der Waals surface area contributed by atoms with Gasteiger partial charge in [0.15, 0.2) is 0 Å². The molecule has 1 aliphatic rings. The number of H-pyrrole nitrogens is 1. The Morgan fingerprint density at radius 2 is 1.97 bits per heavy atom. The van der Waals surface area contributed by atoms with Gasteiger partial charge in [0, 0.05) is 35.1 Å². The van der Waals surface area contributed by atoms with E-state index in [9.17, 15) is 4.79 Å². The number of nitrogens with one attached hydrogen (secondary N) is 1. The Labute approximate surface area is 197 Å². The molecule has 0 aliphatic carbocycles. The molecule has 0 saturated heterocycles. The van der Waals surface area contributed by atoms with Crippen LogP contribution in [0.2, 0.25) is 5.02 Å². The highest BCUT2D eigenvalue weighted by atomic mass is 35.5. The molecule has 2 aromatic carbocycles. The first-order chi connectivity index (χ1) is 16.2. The molecule has 7 heteroatoms. The highest BCUT2D eigenvalue weighted by Gasteiger charge is 2.42. The number of aromatic nitrogens is 3. The Bertz CT molecular complexity index is 1270. The van der Waals surface area contributed by atoms with Crippen molar-refractivity contribution in [1.29, 1.82) is 0 Å². The van der Waals surface area contributed by atoms with Crippen LogP contribution in [0.1, 0.15) is 46.6 Å². The maximum atomic E-state index is 13.5. The molecule has 4 aromatic rings. The Hall–Kier alpha value is -3.64. The standard InChI is InChI=1S/C26H23ClN4O2/c1-2-13-33-21-7-3-6-19(14-21)25-22-23(18-8-10-20(27)11-9-18)29-30-24(22)26(32)31(25)16-17-5-4-12-28-15-17/h3-12,14-15,25H,2,13,16H2,1H3,(H,29,30). The fraction of sp³-hybridized carbons (Fsp3) is 0.192. The van der Waals surface area contributed by atoms with E-state index in [1.54, 1.807) is 12.4 Å². The highest BCUT2D eigenvalue weighted by molar-refractivity contribution is 6.30. The van der Waals surface area contributed by atoms with E-state index in [0.717, 1.165) is 40.1 Å². The number of fused-ring (bicyclic) bond motifs is 1. The molecule has 1 N–H and O–H groups in total. The first-order valence-corrected chi connectivity index (χ1v) is 11.3. The van der Waals surface area contributed by atoms with Gasteiger partial charge in [-0.1, -0.05) is 48.9 Å². The van der Waals surface area contributed by atoms with Crippen molar-refractivity contribution in [1.82, 2.24) is 20.1 Å². The van der Waals surface area contributed by atoms with Crippen LogP contribution >= 0.6 is 11.6 Å². The van der Waals surface area contributed by atoms with Gasteiger partial charge in [-0.2, -0.15) is 5.10 Å². The van der Waals surface area contributed by atoms with Crippen molar-refractivity contribution in [3.63, 3.8) is 0 Å². The number of hydrogen-bond acceptors (Lipinski definition) is 4. The summed E-state index contributed by atoms with van der Waals surface area (Å²) in [6.07, 6.45) is 4.44. The number of ether oxygens (including phenoxy) is 1. The molecule has 33 heavy (non-hydrogen) atoms. The number of carbonyl (C=O) groups excluding carboxylic acids is 1. The van der Waals surface area contributed by atoms with Gasteiger partial charge >= 0.3 is 0 Å². The number of aromatic amines is 1. The van der Waals surface area contributed by atoms with Gasteiger partial charge in [-0.05, 0) is 47.9 Å². The van der Waals surface area contributed by atoms with Gasteiger partial charge in [0.05, 0.1) is 18.3 Å². The molecule has 5 rings (SSSR count). The van der Waals surface area contributed by atoms with Crippen molar-refractivity contribution in [2.24, 2.45) is 0 Å². The molecule has 1 aliphatic heterocycles. The first kappa shape index (κ1) is 21.2. The summed E-state index contributed by atoms with van der Waals surface area (Å²) in [5.41, 5.74) is 4.94. The minimum absolute atomic E-state index is 0.0913. The molecule has 0 fully saturated rings. The van der Waals surface area contributed by atoms with E-state index >= 15 is 0 Å².